The largest absolute Gasteiger partial charge is 0.314 e. The van der Waals surface area contributed by atoms with E-state index < -0.39 is 10.0 Å². The maximum Gasteiger partial charge on any atom is 0.243 e. The topological polar surface area (TPSA) is 49.4 Å². The highest BCUT2D eigenvalue weighted by Crippen LogP contribution is 2.30. The quantitative estimate of drug-likeness (QED) is 0.894. The van der Waals surface area contributed by atoms with Crippen molar-refractivity contribution in [2.24, 2.45) is 5.92 Å². The summed E-state index contributed by atoms with van der Waals surface area (Å²) in [7, 11) is -3.32. The molecule has 0 spiro atoms. The van der Waals surface area contributed by atoms with Crippen LogP contribution in [0.1, 0.15) is 30.4 Å². The molecule has 6 heteroatoms. The van der Waals surface area contributed by atoms with Gasteiger partial charge in [0.05, 0.1) is 4.90 Å². The van der Waals surface area contributed by atoms with Gasteiger partial charge in [0.2, 0.25) is 10.0 Å². The predicted molar refractivity (Wildman–Crippen MR) is 89.0 cm³/mol. The fraction of sp³-hybridized carbons (Fsp3) is 0.625. The third-order valence-electron chi connectivity index (χ3n) is 5.33. The van der Waals surface area contributed by atoms with E-state index in [1.54, 1.807) is 10.4 Å². The lowest BCUT2D eigenvalue weighted by molar-refractivity contribution is 0.247. The molecule has 1 aromatic carbocycles. The minimum absolute atomic E-state index is 0. The average Bonchev–Trinajstić information content (AvgIpc) is 3.14. The molecule has 1 aliphatic carbocycles. The van der Waals surface area contributed by atoms with E-state index in [0.29, 0.717) is 29.9 Å². The van der Waals surface area contributed by atoms with E-state index in [4.69, 9.17) is 0 Å². The Kier molecular flexibility index (Phi) is 4.52. The molecule has 4 nitrogen and oxygen atoms in total. The number of nitrogens with one attached hydrogen (secondary N) is 1. The van der Waals surface area contributed by atoms with Crippen LogP contribution in [0.3, 0.4) is 0 Å². The third-order valence-corrected chi connectivity index (χ3v) is 7.19. The van der Waals surface area contributed by atoms with Crippen LogP contribution in [0.25, 0.3) is 0 Å². The van der Waals surface area contributed by atoms with Crippen molar-refractivity contribution in [2.45, 2.75) is 43.0 Å². The van der Waals surface area contributed by atoms with Gasteiger partial charge in [-0.2, -0.15) is 4.31 Å². The molecule has 2 unspecified atom stereocenters. The molecule has 0 radical (unpaired) electrons. The summed E-state index contributed by atoms with van der Waals surface area (Å²) >= 11 is 0. The van der Waals surface area contributed by atoms with Gasteiger partial charge in [-0.25, -0.2) is 8.42 Å². The Morgan fingerprint density at radius 1 is 1.14 bits per heavy atom. The molecular formula is C16H23ClN2O2S. The lowest BCUT2D eigenvalue weighted by Crippen LogP contribution is -2.46. The summed E-state index contributed by atoms with van der Waals surface area (Å²) in [6, 6.07) is 6.25. The van der Waals surface area contributed by atoms with Crippen LogP contribution in [-0.2, 0) is 22.9 Å². The lowest BCUT2D eigenvalue weighted by Gasteiger charge is -2.34. The Bertz CT molecular complexity index is 662. The number of rotatable bonds is 2. The Hall–Kier alpha value is -0.620. The second-order valence-corrected chi connectivity index (χ2v) is 8.48. The van der Waals surface area contributed by atoms with Crippen LogP contribution in [0, 0.1) is 5.92 Å². The van der Waals surface area contributed by atoms with E-state index in [0.717, 1.165) is 38.6 Å². The first-order chi connectivity index (χ1) is 10.1. The molecule has 2 atom stereocenters. The fourth-order valence-corrected chi connectivity index (χ4v) is 5.65. The molecule has 2 fully saturated rings. The standard InChI is InChI=1S/C16H22N2O2S.ClH/c19-21(20,15-5-4-12-2-1-3-13(12)10-15)18-9-7-16-14(11-18)6-8-17-16;/h4-5,10,14,16-17H,1-3,6-9,11H2;1H. The maximum absolute atomic E-state index is 12.9. The molecule has 22 heavy (non-hydrogen) atoms. The molecule has 2 heterocycles. The van der Waals surface area contributed by atoms with E-state index in [2.05, 4.69) is 5.32 Å². The van der Waals surface area contributed by atoms with E-state index in [-0.39, 0.29) is 12.4 Å². The van der Waals surface area contributed by atoms with Crippen LogP contribution >= 0.6 is 12.4 Å². The SMILES string of the molecule is Cl.O=S(=O)(c1ccc2c(c1)CCC2)N1CCC2NCCC2C1. The van der Waals surface area contributed by atoms with Crippen LogP contribution < -0.4 is 5.32 Å². The van der Waals surface area contributed by atoms with E-state index in [1.165, 1.54) is 11.1 Å². The van der Waals surface area contributed by atoms with Gasteiger partial charge in [0.25, 0.3) is 0 Å². The minimum Gasteiger partial charge on any atom is -0.314 e. The smallest absolute Gasteiger partial charge is 0.243 e. The summed E-state index contributed by atoms with van der Waals surface area (Å²) in [5.41, 5.74) is 2.56. The van der Waals surface area contributed by atoms with Crippen molar-refractivity contribution in [2.75, 3.05) is 19.6 Å². The monoisotopic (exact) mass is 342 g/mol. The van der Waals surface area contributed by atoms with Crippen LogP contribution in [-0.4, -0.2) is 38.4 Å². The molecule has 2 saturated heterocycles. The summed E-state index contributed by atoms with van der Waals surface area (Å²) in [6.07, 6.45) is 5.30. The van der Waals surface area contributed by atoms with Crippen LogP contribution in [0.4, 0.5) is 0 Å². The summed E-state index contributed by atoms with van der Waals surface area (Å²) in [5.74, 6) is 0.489. The summed E-state index contributed by atoms with van der Waals surface area (Å²) < 4.78 is 27.5. The Balaban J connectivity index is 0.00000144. The van der Waals surface area contributed by atoms with E-state index in [1.807, 2.05) is 12.1 Å². The van der Waals surface area contributed by atoms with Gasteiger partial charge in [0.15, 0.2) is 0 Å². The Labute approximate surface area is 138 Å². The van der Waals surface area contributed by atoms with Crippen LogP contribution in [0.2, 0.25) is 0 Å². The summed E-state index contributed by atoms with van der Waals surface area (Å²) in [4.78, 5) is 0.493. The Morgan fingerprint density at radius 2 is 1.95 bits per heavy atom. The van der Waals surface area contributed by atoms with Gasteiger partial charge in [0, 0.05) is 19.1 Å². The van der Waals surface area contributed by atoms with Crippen molar-refractivity contribution in [3.63, 3.8) is 0 Å². The lowest BCUT2D eigenvalue weighted by atomic mass is 9.95. The first-order valence-electron chi connectivity index (χ1n) is 8.00. The minimum atomic E-state index is -3.32. The second kappa shape index (κ2) is 6.11. The molecule has 122 valence electrons. The fourth-order valence-electron chi connectivity index (χ4n) is 4.09. The van der Waals surface area contributed by atoms with Gasteiger partial charge in [-0.1, -0.05) is 6.07 Å². The predicted octanol–water partition coefficient (Wildman–Crippen LogP) is 1.97. The third kappa shape index (κ3) is 2.68. The highest BCUT2D eigenvalue weighted by Gasteiger charge is 2.37. The zero-order valence-corrected chi connectivity index (χ0v) is 14.3. The highest BCUT2D eigenvalue weighted by molar-refractivity contribution is 7.89. The van der Waals surface area contributed by atoms with Gasteiger partial charge >= 0.3 is 0 Å². The molecular weight excluding hydrogens is 320 g/mol. The van der Waals surface area contributed by atoms with Crippen molar-refractivity contribution >= 4 is 22.4 Å². The first kappa shape index (κ1) is 16.2. The van der Waals surface area contributed by atoms with Crippen molar-refractivity contribution < 1.29 is 8.42 Å². The number of halogens is 1. The number of sulfonamides is 1. The van der Waals surface area contributed by atoms with Crippen molar-refractivity contribution in [1.82, 2.24) is 9.62 Å². The highest BCUT2D eigenvalue weighted by atomic mass is 35.5. The molecule has 0 bridgehead atoms. The number of fused-ring (bicyclic) bond motifs is 2. The number of benzene rings is 1. The normalized spacial score (nSPS) is 28.0. The van der Waals surface area contributed by atoms with Crippen LogP contribution in [0.5, 0.6) is 0 Å². The molecule has 3 aliphatic rings. The van der Waals surface area contributed by atoms with Gasteiger partial charge in [-0.05, 0) is 67.8 Å². The number of hydrogen-bond donors (Lipinski definition) is 1. The molecule has 0 aromatic heterocycles. The number of aryl methyl sites for hydroxylation is 2. The first-order valence-corrected chi connectivity index (χ1v) is 9.44. The molecule has 0 saturated carbocycles. The molecule has 0 amide bonds. The number of piperidine rings is 1. The second-order valence-electron chi connectivity index (χ2n) is 6.55. The van der Waals surface area contributed by atoms with Gasteiger partial charge in [0.1, 0.15) is 0 Å². The summed E-state index contributed by atoms with van der Waals surface area (Å²) in [5, 5.41) is 3.48. The zero-order chi connectivity index (χ0) is 14.4. The summed E-state index contributed by atoms with van der Waals surface area (Å²) in [6.45, 7) is 2.35. The van der Waals surface area contributed by atoms with Gasteiger partial charge in [-0.3, -0.25) is 0 Å². The van der Waals surface area contributed by atoms with Crippen molar-refractivity contribution in [3.05, 3.63) is 29.3 Å². The van der Waals surface area contributed by atoms with Crippen molar-refractivity contribution in [1.29, 1.82) is 0 Å². The average molecular weight is 343 g/mol. The molecule has 2 aliphatic heterocycles. The van der Waals surface area contributed by atoms with E-state index >= 15 is 0 Å². The number of nitrogens with zero attached hydrogens (tertiary/aromatic N) is 1. The van der Waals surface area contributed by atoms with E-state index in [9.17, 15) is 8.42 Å². The number of hydrogen-bond acceptors (Lipinski definition) is 3. The molecule has 1 N–H and O–H groups in total. The van der Waals surface area contributed by atoms with Crippen molar-refractivity contribution in [3.8, 4) is 0 Å². The zero-order valence-electron chi connectivity index (χ0n) is 12.6. The van der Waals surface area contributed by atoms with Crippen LogP contribution in [0.15, 0.2) is 23.1 Å². The Morgan fingerprint density at radius 3 is 2.82 bits per heavy atom. The van der Waals surface area contributed by atoms with Gasteiger partial charge < -0.3 is 5.32 Å². The maximum atomic E-state index is 12.9. The molecule has 1 aromatic rings. The molecule has 4 rings (SSSR count). The van der Waals surface area contributed by atoms with Gasteiger partial charge in [-0.15, -0.1) is 12.4 Å².